The molecule has 1 rings (SSSR count). The third-order valence-corrected chi connectivity index (χ3v) is 2.16. The molecule has 1 aromatic heterocycles. The smallest absolute Gasteiger partial charge is 0.471 e. The Kier molecular flexibility index (Phi) is 4.11. The number of carboxylic acids is 1. The van der Waals surface area contributed by atoms with Crippen molar-refractivity contribution in [3.05, 3.63) is 16.7 Å². The second-order valence-electron chi connectivity index (χ2n) is 3.33. The fraction of sp³-hybridized carbons (Fsp3) is 0.375. The maximum absolute atomic E-state index is 12.0. The third kappa shape index (κ3) is 3.87. The molecule has 1 atom stereocenters. The van der Waals surface area contributed by atoms with Gasteiger partial charge in [-0.25, -0.2) is 4.79 Å². The quantitative estimate of drug-likeness (QED) is 0.613. The molecule has 10 heteroatoms. The largest absolute Gasteiger partial charge is 0.480 e. The van der Waals surface area contributed by atoms with E-state index >= 15 is 0 Å². The molecule has 1 aromatic rings. The molecule has 0 unspecified atom stereocenters. The summed E-state index contributed by atoms with van der Waals surface area (Å²) in [4.78, 5) is 26.4. The summed E-state index contributed by atoms with van der Waals surface area (Å²) in [6.07, 6.45) is -4.15. The van der Waals surface area contributed by atoms with E-state index in [9.17, 15) is 22.8 Å². The fourth-order valence-electron chi connectivity index (χ4n) is 1.14. The van der Waals surface area contributed by atoms with Crippen LogP contribution >= 0.6 is 12.2 Å². The van der Waals surface area contributed by atoms with Gasteiger partial charge >= 0.3 is 18.1 Å². The van der Waals surface area contributed by atoms with Gasteiger partial charge in [-0.1, -0.05) is 0 Å². The maximum atomic E-state index is 12.0. The van der Waals surface area contributed by atoms with Gasteiger partial charge in [-0.2, -0.15) is 13.2 Å². The summed E-state index contributed by atoms with van der Waals surface area (Å²) in [5, 5.41) is 10.1. The minimum Gasteiger partial charge on any atom is -0.480 e. The van der Waals surface area contributed by atoms with E-state index in [1.54, 1.807) is 0 Å². The molecule has 0 bridgehead atoms. The number of hydrogen-bond acceptors (Lipinski definition) is 3. The molecule has 0 saturated carbocycles. The van der Waals surface area contributed by atoms with E-state index in [0.717, 1.165) is 0 Å². The van der Waals surface area contributed by atoms with Crippen molar-refractivity contribution in [1.82, 2.24) is 15.3 Å². The number of carbonyl (C=O) groups is 2. The number of aromatic amines is 2. The second kappa shape index (κ2) is 5.21. The van der Waals surface area contributed by atoms with E-state index in [1.807, 2.05) is 0 Å². The molecule has 100 valence electrons. The summed E-state index contributed by atoms with van der Waals surface area (Å²) in [5.41, 5.74) is 0.273. The molecule has 1 amide bonds. The predicted octanol–water partition coefficient (Wildman–Crippen LogP) is 0.746. The van der Waals surface area contributed by atoms with E-state index in [2.05, 4.69) is 22.2 Å². The summed E-state index contributed by atoms with van der Waals surface area (Å²) in [6.45, 7) is 0. The number of carboxylic acid groups (broad SMARTS) is 1. The van der Waals surface area contributed by atoms with Crippen LogP contribution in [0.5, 0.6) is 0 Å². The minimum atomic E-state index is -5.13. The zero-order valence-corrected chi connectivity index (χ0v) is 9.48. The average Bonchev–Trinajstić information content (AvgIpc) is 2.61. The Balaban J connectivity index is 2.75. The van der Waals surface area contributed by atoms with Crippen molar-refractivity contribution in [2.45, 2.75) is 18.6 Å². The van der Waals surface area contributed by atoms with Crippen LogP contribution in [-0.2, 0) is 16.0 Å². The summed E-state index contributed by atoms with van der Waals surface area (Å²) in [5.74, 6) is -3.88. The first-order chi connectivity index (χ1) is 8.20. The molecule has 0 saturated heterocycles. The molecule has 4 N–H and O–H groups in total. The van der Waals surface area contributed by atoms with Crippen molar-refractivity contribution < 1.29 is 27.9 Å². The molecular weight excluding hydrogens is 275 g/mol. The third-order valence-electron chi connectivity index (χ3n) is 1.94. The van der Waals surface area contributed by atoms with E-state index in [4.69, 9.17) is 5.11 Å². The lowest BCUT2D eigenvalue weighted by Gasteiger charge is -2.14. The van der Waals surface area contributed by atoms with Crippen molar-refractivity contribution in [3.63, 3.8) is 0 Å². The van der Waals surface area contributed by atoms with Gasteiger partial charge in [0.25, 0.3) is 0 Å². The molecule has 0 spiro atoms. The number of carbonyl (C=O) groups excluding carboxylic acids is 1. The van der Waals surface area contributed by atoms with Crippen LogP contribution in [0.3, 0.4) is 0 Å². The average molecular weight is 283 g/mol. The lowest BCUT2D eigenvalue weighted by molar-refractivity contribution is -0.175. The number of rotatable bonds is 4. The van der Waals surface area contributed by atoms with Crippen LogP contribution < -0.4 is 5.32 Å². The normalized spacial score (nSPS) is 13.1. The Morgan fingerprint density at radius 1 is 1.50 bits per heavy atom. The van der Waals surface area contributed by atoms with Crippen LogP contribution in [0.25, 0.3) is 0 Å². The zero-order chi connectivity index (χ0) is 13.9. The van der Waals surface area contributed by atoms with Gasteiger partial charge in [0.05, 0.1) is 0 Å². The maximum Gasteiger partial charge on any atom is 0.471 e. The Hall–Kier alpha value is -1.84. The molecule has 0 fully saturated rings. The van der Waals surface area contributed by atoms with E-state index in [1.165, 1.54) is 11.5 Å². The van der Waals surface area contributed by atoms with Crippen LogP contribution in [0.4, 0.5) is 13.2 Å². The highest BCUT2D eigenvalue weighted by Crippen LogP contribution is 2.15. The van der Waals surface area contributed by atoms with E-state index in [0.29, 0.717) is 0 Å². The summed E-state index contributed by atoms with van der Waals surface area (Å²) in [7, 11) is 0. The van der Waals surface area contributed by atoms with Gasteiger partial charge in [-0.15, -0.1) is 0 Å². The van der Waals surface area contributed by atoms with Gasteiger partial charge in [-0.3, -0.25) is 4.79 Å². The molecule has 0 aromatic carbocycles. The standard InChI is InChI=1S/C8H8F3N3O3S/c9-8(10,11)6(17)14-4(5(15)16)1-3-2-12-7(18)13-3/h2,4H,1H2,(H,14,17)(H,15,16)(H2,12,13,18)/t4-/m1/s1. The van der Waals surface area contributed by atoms with Crippen molar-refractivity contribution in [2.24, 2.45) is 0 Å². The van der Waals surface area contributed by atoms with Crippen molar-refractivity contribution in [1.29, 1.82) is 0 Å². The topological polar surface area (TPSA) is 98.0 Å². The minimum absolute atomic E-state index is 0.205. The molecule has 1 heterocycles. The van der Waals surface area contributed by atoms with Crippen LogP contribution in [-0.4, -0.2) is 39.2 Å². The van der Waals surface area contributed by atoms with E-state index in [-0.39, 0.29) is 16.9 Å². The molecular formula is C8H8F3N3O3S. The number of imidazole rings is 1. The Morgan fingerprint density at radius 2 is 2.11 bits per heavy atom. The van der Waals surface area contributed by atoms with Gasteiger partial charge in [0.2, 0.25) is 0 Å². The Labute approximate surface area is 103 Å². The van der Waals surface area contributed by atoms with Gasteiger partial charge in [0.15, 0.2) is 4.77 Å². The van der Waals surface area contributed by atoms with Crippen molar-refractivity contribution >= 4 is 24.1 Å². The molecule has 6 nitrogen and oxygen atoms in total. The summed E-state index contributed by atoms with van der Waals surface area (Å²) in [6, 6.07) is -1.69. The predicted molar refractivity (Wildman–Crippen MR) is 55.3 cm³/mol. The first-order valence-electron chi connectivity index (χ1n) is 4.57. The van der Waals surface area contributed by atoms with E-state index < -0.39 is 24.1 Å². The number of halogens is 3. The van der Waals surface area contributed by atoms with Gasteiger partial charge in [0.1, 0.15) is 6.04 Å². The first-order valence-corrected chi connectivity index (χ1v) is 4.98. The molecule has 0 aliphatic carbocycles. The van der Waals surface area contributed by atoms with Gasteiger partial charge in [-0.05, 0) is 12.2 Å². The second-order valence-corrected chi connectivity index (χ2v) is 3.74. The highest BCUT2D eigenvalue weighted by Gasteiger charge is 2.40. The SMILES string of the molecule is O=C(O)[C@@H](Cc1c[nH]c(=S)[nH]1)NC(=O)C(F)(F)F. The van der Waals surface area contributed by atoms with Crippen LogP contribution in [0.15, 0.2) is 6.20 Å². The first kappa shape index (κ1) is 14.2. The van der Waals surface area contributed by atoms with Gasteiger partial charge < -0.3 is 20.4 Å². The highest BCUT2D eigenvalue weighted by molar-refractivity contribution is 7.71. The monoisotopic (exact) mass is 283 g/mol. The molecule has 0 aliphatic rings. The van der Waals surface area contributed by atoms with Gasteiger partial charge in [0, 0.05) is 18.3 Å². The lowest BCUT2D eigenvalue weighted by Crippen LogP contribution is -2.47. The highest BCUT2D eigenvalue weighted by atomic mass is 32.1. The fourth-order valence-corrected chi connectivity index (χ4v) is 1.33. The van der Waals surface area contributed by atoms with Crippen molar-refractivity contribution in [2.75, 3.05) is 0 Å². The Bertz CT molecular complexity index is 507. The summed E-state index contributed by atoms with van der Waals surface area (Å²) >= 11 is 4.67. The number of amides is 1. The number of alkyl halides is 3. The number of H-pyrrole nitrogens is 2. The summed E-state index contributed by atoms with van der Waals surface area (Å²) < 4.78 is 36.1. The number of nitrogens with one attached hydrogen (secondary N) is 3. The Morgan fingerprint density at radius 3 is 2.50 bits per heavy atom. The van der Waals surface area contributed by atoms with Crippen molar-refractivity contribution in [3.8, 4) is 0 Å². The zero-order valence-electron chi connectivity index (χ0n) is 8.67. The lowest BCUT2D eigenvalue weighted by atomic mass is 10.1. The van der Waals surface area contributed by atoms with Crippen LogP contribution in [0, 0.1) is 4.77 Å². The van der Waals surface area contributed by atoms with Crippen LogP contribution in [0.2, 0.25) is 0 Å². The molecule has 0 aliphatic heterocycles. The number of hydrogen-bond donors (Lipinski definition) is 4. The van der Waals surface area contributed by atoms with Crippen LogP contribution in [0.1, 0.15) is 5.69 Å². The number of aromatic nitrogens is 2. The molecule has 18 heavy (non-hydrogen) atoms. The number of aliphatic carboxylic acids is 1. The molecule has 0 radical (unpaired) electrons.